The molecule has 168 valence electrons. The minimum atomic E-state index is -0.579. The molecule has 1 fully saturated rings. The van der Waals surface area contributed by atoms with Gasteiger partial charge in [-0.3, -0.25) is 14.7 Å². The lowest BCUT2D eigenvalue weighted by molar-refractivity contribution is -0.119. The van der Waals surface area contributed by atoms with Gasteiger partial charge in [0.05, 0.1) is 24.5 Å². The van der Waals surface area contributed by atoms with Crippen molar-refractivity contribution in [3.63, 3.8) is 0 Å². The van der Waals surface area contributed by atoms with Crippen LogP contribution in [0.2, 0.25) is 0 Å². The molecule has 1 aliphatic heterocycles. The Labute approximate surface area is 189 Å². The van der Waals surface area contributed by atoms with E-state index >= 15 is 0 Å². The highest BCUT2D eigenvalue weighted by Gasteiger charge is 2.32. The number of carbonyl (C=O) groups excluding carboxylic acids is 2. The first-order chi connectivity index (χ1) is 16.0. The Morgan fingerprint density at radius 1 is 1.24 bits per heavy atom. The maximum atomic E-state index is 15.0. The van der Waals surface area contributed by atoms with Crippen molar-refractivity contribution in [1.82, 2.24) is 10.3 Å². The number of benzene rings is 2. The van der Waals surface area contributed by atoms with Crippen LogP contribution in [0.25, 0.3) is 11.1 Å². The molecule has 8 nitrogen and oxygen atoms in total. The summed E-state index contributed by atoms with van der Waals surface area (Å²) in [5, 5.41) is 6.46. The summed E-state index contributed by atoms with van der Waals surface area (Å²) < 4.78 is 20.2. The van der Waals surface area contributed by atoms with Crippen LogP contribution in [0, 0.1) is 5.82 Å². The quantitative estimate of drug-likeness (QED) is 0.343. The highest BCUT2D eigenvalue weighted by Crippen LogP contribution is 2.29. The Kier molecular flexibility index (Phi) is 6.30. The minimum Gasteiger partial charge on any atom is -0.442 e. The molecule has 3 N–H and O–H groups in total. The van der Waals surface area contributed by atoms with Gasteiger partial charge in [-0.15, -0.1) is 0 Å². The molecule has 1 aliphatic rings. The van der Waals surface area contributed by atoms with Crippen molar-refractivity contribution >= 4 is 23.4 Å². The van der Waals surface area contributed by atoms with Crippen molar-refractivity contribution in [2.24, 2.45) is 10.9 Å². The molecule has 2 amide bonds. The van der Waals surface area contributed by atoms with Gasteiger partial charge in [-0.25, -0.2) is 9.18 Å². The van der Waals surface area contributed by atoms with Crippen molar-refractivity contribution < 1.29 is 18.7 Å². The zero-order valence-electron chi connectivity index (χ0n) is 17.9. The van der Waals surface area contributed by atoms with Gasteiger partial charge >= 0.3 is 6.09 Å². The summed E-state index contributed by atoms with van der Waals surface area (Å²) in [6.07, 6.45) is 0.587. The molecule has 1 atom stereocenters. The number of carbonyl (C=O) groups is 2. The van der Waals surface area contributed by atoms with Gasteiger partial charge < -0.3 is 15.9 Å². The van der Waals surface area contributed by atoms with Crippen molar-refractivity contribution in [2.45, 2.75) is 13.0 Å². The van der Waals surface area contributed by atoms with Crippen LogP contribution in [0.4, 0.5) is 14.9 Å². The van der Waals surface area contributed by atoms with Crippen molar-refractivity contribution in [3.05, 3.63) is 83.9 Å². The fourth-order valence-corrected chi connectivity index (χ4v) is 3.60. The van der Waals surface area contributed by atoms with Crippen molar-refractivity contribution in [1.29, 1.82) is 0 Å². The number of nitrogens with two attached hydrogens (primary N) is 1. The largest absolute Gasteiger partial charge is 0.442 e. The Morgan fingerprint density at radius 2 is 2.03 bits per heavy atom. The number of nitrogens with zero attached hydrogens (tertiary/aromatic N) is 3. The number of hydrogen-bond acceptors (Lipinski definition) is 6. The van der Waals surface area contributed by atoms with Gasteiger partial charge in [0.2, 0.25) is 5.91 Å². The van der Waals surface area contributed by atoms with E-state index in [1.807, 2.05) is 12.1 Å². The fraction of sp³-hybridized carbons (Fsp3) is 0.167. The molecular weight excluding hydrogens is 425 g/mol. The molecule has 1 aromatic heterocycles. The molecule has 0 radical (unpaired) electrons. The smallest absolute Gasteiger partial charge is 0.414 e. The van der Waals surface area contributed by atoms with E-state index in [0.717, 1.165) is 5.56 Å². The Hall–Kier alpha value is -4.27. The zero-order chi connectivity index (χ0) is 23.4. The summed E-state index contributed by atoms with van der Waals surface area (Å²) in [7, 11) is 0. The molecule has 0 saturated carbocycles. The lowest BCUT2D eigenvalue weighted by Crippen LogP contribution is -2.33. The van der Waals surface area contributed by atoms with Crippen LogP contribution < -0.4 is 16.1 Å². The first kappa shape index (κ1) is 21.9. The molecule has 4 rings (SSSR count). The Balaban J connectivity index is 1.52. The van der Waals surface area contributed by atoms with Crippen LogP contribution in [-0.4, -0.2) is 41.9 Å². The van der Waals surface area contributed by atoms with Gasteiger partial charge in [0.25, 0.3) is 0 Å². The van der Waals surface area contributed by atoms with Crippen LogP contribution in [0.1, 0.15) is 18.2 Å². The van der Waals surface area contributed by atoms with Gasteiger partial charge in [-0.2, -0.15) is 5.10 Å². The van der Waals surface area contributed by atoms with Gasteiger partial charge in [0, 0.05) is 24.2 Å². The third-order valence-electron chi connectivity index (χ3n) is 5.22. The molecule has 3 aromatic rings. The Bertz CT molecular complexity index is 1200. The SMILES string of the molecule is CC(=O)NC[C@H]1CN(c2ccc(-c3ccc(C(=NN)c4ccccn4)cc3)c(F)c2)C(=O)O1. The molecule has 2 heterocycles. The highest BCUT2D eigenvalue weighted by molar-refractivity contribution is 6.11. The van der Waals surface area contributed by atoms with Crippen LogP contribution in [0.5, 0.6) is 0 Å². The number of hydrazone groups is 1. The molecule has 0 bridgehead atoms. The second kappa shape index (κ2) is 9.47. The van der Waals surface area contributed by atoms with Crippen molar-refractivity contribution in [3.8, 4) is 11.1 Å². The number of ether oxygens (including phenoxy) is 1. The fourth-order valence-electron chi connectivity index (χ4n) is 3.60. The van der Waals surface area contributed by atoms with Crippen LogP contribution in [0.15, 0.2) is 72.0 Å². The van der Waals surface area contributed by atoms with Gasteiger partial charge in [0.15, 0.2) is 0 Å². The van der Waals surface area contributed by atoms with E-state index in [9.17, 15) is 14.0 Å². The molecule has 1 saturated heterocycles. The van der Waals surface area contributed by atoms with Gasteiger partial charge in [-0.05, 0) is 35.9 Å². The first-order valence-electron chi connectivity index (χ1n) is 10.3. The molecule has 0 unspecified atom stereocenters. The van der Waals surface area contributed by atoms with E-state index in [1.54, 1.807) is 48.7 Å². The van der Waals surface area contributed by atoms with E-state index in [4.69, 9.17) is 10.6 Å². The summed E-state index contributed by atoms with van der Waals surface area (Å²) in [5.74, 6) is 4.88. The summed E-state index contributed by atoms with van der Waals surface area (Å²) in [5.41, 5.74) is 3.35. The second-order valence-corrected chi connectivity index (χ2v) is 7.49. The number of anilines is 1. The van der Waals surface area contributed by atoms with Gasteiger partial charge in [0.1, 0.15) is 17.6 Å². The maximum Gasteiger partial charge on any atom is 0.414 e. The molecule has 2 aromatic carbocycles. The number of pyridine rings is 1. The van der Waals surface area contributed by atoms with Crippen LogP contribution >= 0.6 is 0 Å². The van der Waals surface area contributed by atoms with E-state index in [-0.39, 0.29) is 19.0 Å². The maximum absolute atomic E-state index is 15.0. The molecule has 33 heavy (non-hydrogen) atoms. The lowest BCUT2D eigenvalue weighted by atomic mass is 10.00. The summed E-state index contributed by atoms with van der Waals surface area (Å²) in [6, 6.07) is 17.2. The number of nitrogens with one attached hydrogen (secondary N) is 1. The minimum absolute atomic E-state index is 0.205. The molecule has 9 heteroatoms. The topological polar surface area (TPSA) is 110 Å². The second-order valence-electron chi connectivity index (χ2n) is 7.49. The number of aromatic nitrogens is 1. The number of amides is 2. The average molecular weight is 447 g/mol. The predicted molar refractivity (Wildman–Crippen MR) is 122 cm³/mol. The predicted octanol–water partition coefficient (Wildman–Crippen LogP) is 3.06. The Morgan fingerprint density at radius 3 is 2.67 bits per heavy atom. The van der Waals surface area contributed by atoms with E-state index in [0.29, 0.717) is 28.2 Å². The summed E-state index contributed by atoms with van der Waals surface area (Å²) in [4.78, 5) is 28.9. The number of halogens is 1. The van der Waals surface area contributed by atoms with Crippen molar-refractivity contribution in [2.75, 3.05) is 18.0 Å². The van der Waals surface area contributed by atoms with E-state index in [2.05, 4.69) is 15.4 Å². The third-order valence-corrected chi connectivity index (χ3v) is 5.22. The molecule has 0 aliphatic carbocycles. The standard InChI is InChI=1S/C24H22FN5O3/c1-15(31)28-13-19-14-30(24(32)33-19)18-9-10-20(21(25)12-18)16-5-7-17(8-6-16)23(29-26)22-4-2-3-11-27-22/h2-12,19H,13-14,26H2,1H3,(H,28,31)/t19-/m0/s1. The van der Waals surface area contributed by atoms with Crippen LogP contribution in [0.3, 0.4) is 0 Å². The van der Waals surface area contributed by atoms with Gasteiger partial charge in [-0.1, -0.05) is 30.3 Å². The highest BCUT2D eigenvalue weighted by atomic mass is 19.1. The van der Waals surface area contributed by atoms with E-state index < -0.39 is 18.0 Å². The first-order valence-corrected chi connectivity index (χ1v) is 10.3. The summed E-state index contributed by atoms with van der Waals surface area (Å²) >= 11 is 0. The summed E-state index contributed by atoms with van der Waals surface area (Å²) in [6.45, 7) is 1.82. The molecule has 0 spiro atoms. The zero-order valence-corrected chi connectivity index (χ0v) is 17.9. The third kappa shape index (κ3) is 4.82. The lowest BCUT2D eigenvalue weighted by Gasteiger charge is -2.15. The normalized spacial score (nSPS) is 15.9. The molecular formula is C24H22FN5O3. The van der Waals surface area contributed by atoms with E-state index in [1.165, 1.54) is 17.9 Å². The van der Waals surface area contributed by atoms with Crippen LogP contribution in [-0.2, 0) is 9.53 Å². The monoisotopic (exact) mass is 447 g/mol. The number of rotatable bonds is 6. The average Bonchev–Trinajstić information content (AvgIpc) is 3.20. The number of hydrogen-bond donors (Lipinski definition) is 2. The number of cyclic esters (lactones) is 1.